The quantitative estimate of drug-likeness (QED) is 0.626. The number of aromatic nitrogens is 2. The molecule has 14 heavy (non-hydrogen) atoms. The fourth-order valence-corrected chi connectivity index (χ4v) is 0.880. The Morgan fingerprint density at radius 3 is 2.64 bits per heavy atom. The molecule has 0 amide bonds. The third kappa shape index (κ3) is 3.16. The zero-order valence-corrected chi connectivity index (χ0v) is 8.27. The first-order valence-corrected chi connectivity index (χ1v) is 4.58. The number of H-pyrrole nitrogens is 1. The summed E-state index contributed by atoms with van der Waals surface area (Å²) in [4.78, 5) is 7.07. The molecule has 0 aliphatic carbocycles. The average Bonchev–Trinajstić information content (AvgIpc) is 2.66. The molecule has 4 nitrogen and oxygen atoms in total. The van der Waals surface area contributed by atoms with Gasteiger partial charge in [0.2, 0.25) is 0 Å². The van der Waals surface area contributed by atoms with Crippen molar-refractivity contribution >= 4 is 11.0 Å². The van der Waals surface area contributed by atoms with Crippen molar-refractivity contribution in [2.45, 2.75) is 13.0 Å². The molecule has 0 fully saturated rings. The summed E-state index contributed by atoms with van der Waals surface area (Å²) >= 11 is 0. The molecule has 1 heterocycles. The zero-order valence-electron chi connectivity index (χ0n) is 8.27. The molecule has 5 N–H and O–H groups in total. The number of imidazole rings is 1. The number of rotatable bonds is 1. The van der Waals surface area contributed by atoms with Gasteiger partial charge in [-0.05, 0) is 19.1 Å². The summed E-state index contributed by atoms with van der Waals surface area (Å²) in [5, 5.41) is 0. The van der Waals surface area contributed by atoms with Gasteiger partial charge in [0.05, 0.1) is 17.4 Å². The van der Waals surface area contributed by atoms with Gasteiger partial charge in [-0.1, -0.05) is 12.1 Å². The molecule has 4 heteroatoms. The van der Waals surface area contributed by atoms with Gasteiger partial charge >= 0.3 is 0 Å². The molecule has 1 unspecified atom stereocenters. The summed E-state index contributed by atoms with van der Waals surface area (Å²) in [6.07, 6.45) is 1.70. The van der Waals surface area contributed by atoms with E-state index in [9.17, 15) is 0 Å². The van der Waals surface area contributed by atoms with Crippen molar-refractivity contribution < 1.29 is 0 Å². The van der Waals surface area contributed by atoms with E-state index in [0.29, 0.717) is 6.54 Å². The molecule has 2 aromatic rings. The lowest BCUT2D eigenvalue weighted by Crippen LogP contribution is -2.25. The fourth-order valence-electron chi connectivity index (χ4n) is 0.880. The van der Waals surface area contributed by atoms with E-state index in [1.54, 1.807) is 6.33 Å². The zero-order chi connectivity index (χ0) is 10.4. The first kappa shape index (κ1) is 10.7. The van der Waals surface area contributed by atoms with Gasteiger partial charge in [0.1, 0.15) is 0 Å². The number of nitrogens with zero attached hydrogens (tertiary/aromatic N) is 1. The number of benzene rings is 1. The highest BCUT2D eigenvalue weighted by atomic mass is 14.9. The minimum Gasteiger partial charge on any atom is -0.345 e. The lowest BCUT2D eigenvalue weighted by atomic mass is 10.3. The maximum Gasteiger partial charge on any atom is 0.0931 e. The van der Waals surface area contributed by atoms with Crippen LogP contribution < -0.4 is 11.5 Å². The first-order chi connectivity index (χ1) is 6.74. The molecule has 0 aliphatic heterocycles. The number of fused-ring (bicyclic) bond motifs is 1. The van der Waals surface area contributed by atoms with Crippen molar-refractivity contribution in [1.29, 1.82) is 0 Å². The number of hydrogen-bond acceptors (Lipinski definition) is 3. The monoisotopic (exact) mass is 192 g/mol. The molecular formula is C10H16N4. The molecule has 0 saturated heterocycles. The second-order valence-corrected chi connectivity index (χ2v) is 3.13. The number of nitrogens with two attached hydrogens (primary N) is 2. The van der Waals surface area contributed by atoms with E-state index < -0.39 is 0 Å². The highest BCUT2D eigenvalue weighted by Crippen LogP contribution is 2.05. The van der Waals surface area contributed by atoms with E-state index >= 15 is 0 Å². The number of hydrogen-bond donors (Lipinski definition) is 3. The van der Waals surface area contributed by atoms with E-state index in [1.165, 1.54) is 0 Å². The third-order valence-corrected chi connectivity index (χ3v) is 1.70. The summed E-state index contributed by atoms with van der Waals surface area (Å²) in [6.45, 7) is 2.46. The molecular weight excluding hydrogens is 176 g/mol. The highest BCUT2D eigenvalue weighted by Gasteiger charge is 1.88. The summed E-state index contributed by atoms with van der Waals surface area (Å²) in [5.41, 5.74) is 12.3. The molecule has 1 aromatic heterocycles. The Kier molecular flexibility index (Phi) is 4.10. The smallest absolute Gasteiger partial charge is 0.0931 e. The normalized spacial score (nSPS) is 11.9. The molecule has 0 radical (unpaired) electrons. The van der Waals surface area contributed by atoms with Crippen LogP contribution in [0.25, 0.3) is 11.0 Å². The SMILES string of the molecule is CC(N)CN.c1ccc2[nH]cnc2c1. The lowest BCUT2D eigenvalue weighted by Gasteiger charge is -1.92. The molecule has 1 atom stereocenters. The van der Waals surface area contributed by atoms with Crippen LogP contribution in [0.2, 0.25) is 0 Å². The van der Waals surface area contributed by atoms with Gasteiger partial charge < -0.3 is 16.5 Å². The first-order valence-electron chi connectivity index (χ1n) is 4.58. The Labute approximate surface area is 83.3 Å². The molecule has 1 aromatic carbocycles. The van der Waals surface area contributed by atoms with Crippen LogP contribution in [0.3, 0.4) is 0 Å². The van der Waals surface area contributed by atoms with Gasteiger partial charge in [-0.15, -0.1) is 0 Å². The van der Waals surface area contributed by atoms with Crippen molar-refractivity contribution in [1.82, 2.24) is 9.97 Å². The van der Waals surface area contributed by atoms with Crippen molar-refractivity contribution in [2.75, 3.05) is 6.54 Å². The van der Waals surface area contributed by atoms with Crippen molar-refractivity contribution in [2.24, 2.45) is 11.5 Å². The summed E-state index contributed by atoms with van der Waals surface area (Å²) in [5.74, 6) is 0. The molecule has 76 valence electrons. The maximum atomic E-state index is 5.17. The van der Waals surface area contributed by atoms with Crippen LogP contribution >= 0.6 is 0 Å². The number of para-hydroxylation sites is 2. The molecule has 2 rings (SSSR count). The predicted molar refractivity (Wildman–Crippen MR) is 58.8 cm³/mol. The lowest BCUT2D eigenvalue weighted by molar-refractivity contribution is 0.752. The van der Waals surface area contributed by atoms with Crippen LogP contribution in [-0.4, -0.2) is 22.6 Å². The second kappa shape index (κ2) is 5.36. The summed E-state index contributed by atoms with van der Waals surface area (Å²) in [6, 6.07) is 8.10. The Balaban J connectivity index is 0.000000171. The molecule has 0 bridgehead atoms. The Hall–Kier alpha value is -1.39. The van der Waals surface area contributed by atoms with E-state index in [1.807, 2.05) is 31.2 Å². The van der Waals surface area contributed by atoms with Crippen molar-refractivity contribution in [3.63, 3.8) is 0 Å². The predicted octanol–water partition coefficient (Wildman–Crippen LogP) is 0.855. The van der Waals surface area contributed by atoms with Crippen LogP contribution in [0.4, 0.5) is 0 Å². The Morgan fingerprint density at radius 2 is 2.07 bits per heavy atom. The average molecular weight is 192 g/mol. The van der Waals surface area contributed by atoms with E-state index in [2.05, 4.69) is 9.97 Å². The van der Waals surface area contributed by atoms with Gasteiger partial charge in [-0.25, -0.2) is 4.98 Å². The van der Waals surface area contributed by atoms with Crippen LogP contribution in [0.15, 0.2) is 30.6 Å². The van der Waals surface area contributed by atoms with Crippen LogP contribution in [0, 0.1) is 0 Å². The van der Waals surface area contributed by atoms with Crippen LogP contribution in [-0.2, 0) is 0 Å². The number of aromatic amines is 1. The van der Waals surface area contributed by atoms with Gasteiger partial charge in [0.25, 0.3) is 0 Å². The maximum absolute atomic E-state index is 5.17. The van der Waals surface area contributed by atoms with Crippen molar-refractivity contribution in [3.8, 4) is 0 Å². The van der Waals surface area contributed by atoms with E-state index in [4.69, 9.17) is 11.5 Å². The highest BCUT2D eigenvalue weighted by molar-refractivity contribution is 5.73. The van der Waals surface area contributed by atoms with Gasteiger partial charge in [0.15, 0.2) is 0 Å². The number of nitrogens with one attached hydrogen (secondary N) is 1. The van der Waals surface area contributed by atoms with Crippen LogP contribution in [0.1, 0.15) is 6.92 Å². The third-order valence-electron chi connectivity index (χ3n) is 1.70. The standard InChI is InChI=1S/C7H6N2.C3H10N2/c1-2-4-7-6(3-1)8-5-9-7;1-3(5)2-4/h1-5H,(H,8,9);3H,2,4-5H2,1H3. The minimum atomic E-state index is 0.162. The minimum absolute atomic E-state index is 0.162. The largest absolute Gasteiger partial charge is 0.345 e. The Bertz CT molecular complexity index is 337. The van der Waals surface area contributed by atoms with Gasteiger partial charge in [0, 0.05) is 12.6 Å². The van der Waals surface area contributed by atoms with Crippen molar-refractivity contribution in [3.05, 3.63) is 30.6 Å². The molecule has 0 spiro atoms. The fraction of sp³-hybridized carbons (Fsp3) is 0.300. The van der Waals surface area contributed by atoms with Crippen LogP contribution in [0.5, 0.6) is 0 Å². The van der Waals surface area contributed by atoms with E-state index in [-0.39, 0.29) is 6.04 Å². The van der Waals surface area contributed by atoms with Gasteiger partial charge in [-0.3, -0.25) is 0 Å². The van der Waals surface area contributed by atoms with Gasteiger partial charge in [-0.2, -0.15) is 0 Å². The van der Waals surface area contributed by atoms with E-state index in [0.717, 1.165) is 11.0 Å². The topological polar surface area (TPSA) is 80.7 Å². The second-order valence-electron chi connectivity index (χ2n) is 3.13. The molecule has 0 aliphatic rings. The molecule has 0 saturated carbocycles. The summed E-state index contributed by atoms with van der Waals surface area (Å²) in [7, 11) is 0. The summed E-state index contributed by atoms with van der Waals surface area (Å²) < 4.78 is 0. The Morgan fingerprint density at radius 1 is 1.43 bits per heavy atom.